The number of aromatic hydroxyl groups is 1. The number of rotatable bonds is 4. The predicted octanol–water partition coefficient (Wildman–Crippen LogP) is 2.48. The molecule has 0 amide bonds. The molecule has 1 aliphatic rings. The van der Waals surface area contributed by atoms with Crippen molar-refractivity contribution in [2.24, 2.45) is 5.41 Å². The lowest BCUT2D eigenvalue weighted by atomic mass is 9.97. The molecule has 0 bridgehead atoms. The molecule has 0 saturated heterocycles. The molecule has 1 aromatic rings. The summed E-state index contributed by atoms with van der Waals surface area (Å²) < 4.78 is 5.94. The van der Waals surface area contributed by atoms with E-state index < -0.39 is 0 Å². The Bertz CT molecular complexity index is 399. The van der Waals surface area contributed by atoms with Gasteiger partial charge in [-0.1, -0.05) is 15.9 Å². The first-order valence-corrected chi connectivity index (χ1v) is 6.06. The summed E-state index contributed by atoms with van der Waals surface area (Å²) in [5.74, 6) is 0.610. The van der Waals surface area contributed by atoms with Gasteiger partial charge in [0.25, 0.3) is 0 Å². The monoisotopic (exact) mass is 286 g/mol. The highest BCUT2D eigenvalue weighted by Gasteiger charge is 2.42. The van der Waals surface area contributed by atoms with E-state index in [0.29, 0.717) is 5.75 Å². The summed E-state index contributed by atoms with van der Waals surface area (Å²) in [6.07, 6.45) is 2.96. The Hall–Kier alpha value is -0.740. The van der Waals surface area contributed by atoms with E-state index in [2.05, 4.69) is 15.9 Å². The fraction of sp³-hybridized carbons (Fsp3) is 0.500. The molecule has 0 unspecified atom stereocenters. The number of aliphatic hydroxyl groups is 1. The number of ether oxygens (including phenoxy) is 1. The maximum absolute atomic E-state index is 9.58. The zero-order valence-electron chi connectivity index (χ0n) is 9.16. The van der Waals surface area contributed by atoms with Crippen LogP contribution in [0.5, 0.6) is 11.5 Å². The van der Waals surface area contributed by atoms with Gasteiger partial charge >= 0.3 is 0 Å². The van der Waals surface area contributed by atoms with Gasteiger partial charge in [0.2, 0.25) is 0 Å². The van der Waals surface area contributed by atoms with Crippen molar-refractivity contribution in [3.63, 3.8) is 0 Å². The zero-order chi connectivity index (χ0) is 11.8. The van der Waals surface area contributed by atoms with E-state index in [-0.39, 0.29) is 17.8 Å². The van der Waals surface area contributed by atoms with Crippen molar-refractivity contribution < 1.29 is 14.9 Å². The largest absolute Gasteiger partial charge is 0.504 e. The number of hydrogen-bond acceptors (Lipinski definition) is 3. The quantitative estimate of drug-likeness (QED) is 0.894. The second-order valence-electron chi connectivity index (χ2n) is 4.45. The highest BCUT2D eigenvalue weighted by molar-refractivity contribution is 9.10. The highest BCUT2D eigenvalue weighted by atomic mass is 79.9. The molecule has 0 heterocycles. The van der Waals surface area contributed by atoms with Crippen LogP contribution in [0.3, 0.4) is 0 Å². The Morgan fingerprint density at radius 2 is 2.12 bits per heavy atom. The molecule has 4 heteroatoms. The molecule has 1 aromatic carbocycles. The summed E-state index contributed by atoms with van der Waals surface area (Å²) >= 11 is 3.42. The standard InChI is InChI=1S/C12H15BrO3/c1-16-11-4-8(9(13)5-10(11)15)6-12(7-14)2-3-12/h4-5,14-15H,2-3,6-7H2,1H3. The average molecular weight is 287 g/mol. The van der Waals surface area contributed by atoms with Crippen LogP contribution in [-0.2, 0) is 6.42 Å². The third-order valence-corrected chi connectivity index (χ3v) is 3.94. The molecule has 1 fully saturated rings. The van der Waals surface area contributed by atoms with Gasteiger partial charge in [0.05, 0.1) is 7.11 Å². The van der Waals surface area contributed by atoms with Gasteiger partial charge in [-0.25, -0.2) is 0 Å². The maximum atomic E-state index is 9.58. The van der Waals surface area contributed by atoms with Crippen LogP contribution in [0.4, 0.5) is 0 Å². The molecule has 3 nitrogen and oxygen atoms in total. The summed E-state index contributed by atoms with van der Waals surface area (Å²) in [6.45, 7) is 0.225. The lowest BCUT2D eigenvalue weighted by Crippen LogP contribution is -2.10. The van der Waals surface area contributed by atoms with E-state index in [0.717, 1.165) is 29.3 Å². The summed E-state index contributed by atoms with van der Waals surface area (Å²) in [5, 5.41) is 18.9. The van der Waals surface area contributed by atoms with Crippen LogP contribution < -0.4 is 4.74 Å². The smallest absolute Gasteiger partial charge is 0.160 e. The van der Waals surface area contributed by atoms with Crippen molar-refractivity contribution in [2.75, 3.05) is 13.7 Å². The topological polar surface area (TPSA) is 49.7 Å². The van der Waals surface area contributed by atoms with Gasteiger partial charge in [-0.2, -0.15) is 0 Å². The summed E-state index contributed by atoms with van der Waals surface area (Å²) in [7, 11) is 1.53. The first-order chi connectivity index (χ1) is 7.60. The van der Waals surface area contributed by atoms with Gasteiger partial charge in [0, 0.05) is 11.1 Å². The van der Waals surface area contributed by atoms with Crippen molar-refractivity contribution in [3.05, 3.63) is 22.2 Å². The van der Waals surface area contributed by atoms with E-state index in [1.165, 1.54) is 7.11 Å². The molecule has 0 atom stereocenters. The first-order valence-electron chi connectivity index (χ1n) is 5.26. The molecule has 16 heavy (non-hydrogen) atoms. The van der Waals surface area contributed by atoms with Gasteiger partial charge in [-0.05, 0) is 42.4 Å². The minimum Gasteiger partial charge on any atom is -0.504 e. The number of methoxy groups -OCH3 is 1. The second-order valence-corrected chi connectivity index (χ2v) is 5.30. The summed E-state index contributed by atoms with van der Waals surface area (Å²) in [6, 6.07) is 3.47. The molecule has 2 N–H and O–H groups in total. The Balaban J connectivity index is 2.26. The molecular weight excluding hydrogens is 272 g/mol. The predicted molar refractivity (Wildman–Crippen MR) is 64.8 cm³/mol. The number of benzene rings is 1. The molecule has 0 radical (unpaired) electrons. The van der Waals surface area contributed by atoms with Crippen molar-refractivity contribution in [1.82, 2.24) is 0 Å². The van der Waals surface area contributed by atoms with Gasteiger partial charge in [0.15, 0.2) is 11.5 Å². The average Bonchev–Trinajstić information content (AvgIpc) is 3.03. The normalized spacial score (nSPS) is 17.2. The second kappa shape index (κ2) is 4.26. The van der Waals surface area contributed by atoms with Crippen LogP contribution in [0, 0.1) is 5.41 Å². The summed E-state index contributed by atoms with van der Waals surface area (Å²) in [5.41, 5.74) is 1.13. The number of hydrogen-bond donors (Lipinski definition) is 2. The highest BCUT2D eigenvalue weighted by Crippen LogP contribution is 2.49. The molecule has 88 valence electrons. The first kappa shape index (κ1) is 11.7. The van der Waals surface area contributed by atoms with E-state index in [1.54, 1.807) is 6.07 Å². The Morgan fingerprint density at radius 1 is 1.44 bits per heavy atom. The molecule has 0 spiro atoms. The number of phenols is 1. The van der Waals surface area contributed by atoms with Gasteiger partial charge < -0.3 is 14.9 Å². The van der Waals surface area contributed by atoms with Crippen LogP contribution in [0.25, 0.3) is 0 Å². The van der Waals surface area contributed by atoms with Gasteiger partial charge in [-0.3, -0.25) is 0 Å². The molecule has 1 saturated carbocycles. The fourth-order valence-corrected chi connectivity index (χ4v) is 2.33. The number of aliphatic hydroxyl groups excluding tert-OH is 1. The SMILES string of the molecule is COc1cc(CC2(CO)CC2)c(Br)cc1O. The molecule has 0 aliphatic heterocycles. The van der Waals surface area contributed by atoms with Crippen LogP contribution in [-0.4, -0.2) is 23.9 Å². The fourth-order valence-electron chi connectivity index (χ4n) is 1.86. The minimum absolute atomic E-state index is 0.0600. The number of phenolic OH excluding ortho intramolecular Hbond substituents is 1. The van der Waals surface area contributed by atoms with E-state index in [9.17, 15) is 10.2 Å². The van der Waals surface area contributed by atoms with Crippen LogP contribution in [0.15, 0.2) is 16.6 Å². The molecule has 2 rings (SSSR count). The van der Waals surface area contributed by atoms with E-state index in [1.807, 2.05) is 6.07 Å². The molecule has 1 aliphatic carbocycles. The third-order valence-electron chi connectivity index (χ3n) is 3.21. The van der Waals surface area contributed by atoms with E-state index >= 15 is 0 Å². The van der Waals surface area contributed by atoms with E-state index in [4.69, 9.17) is 4.74 Å². The van der Waals surface area contributed by atoms with Crippen LogP contribution in [0.2, 0.25) is 0 Å². The third kappa shape index (κ3) is 2.18. The summed E-state index contributed by atoms with van der Waals surface area (Å²) in [4.78, 5) is 0. The Labute approximate surface area is 103 Å². The number of halogens is 1. The zero-order valence-corrected chi connectivity index (χ0v) is 10.7. The Morgan fingerprint density at radius 3 is 2.62 bits per heavy atom. The Kier molecular flexibility index (Phi) is 3.13. The van der Waals surface area contributed by atoms with Gasteiger partial charge in [0.1, 0.15) is 0 Å². The maximum Gasteiger partial charge on any atom is 0.160 e. The molecular formula is C12H15BrO3. The van der Waals surface area contributed by atoms with Crippen molar-refractivity contribution in [3.8, 4) is 11.5 Å². The van der Waals surface area contributed by atoms with Crippen molar-refractivity contribution in [2.45, 2.75) is 19.3 Å². The van der Waals surface area contributed by atoms with Crippen molar-refractivity contribution in [1.29, 1.82) is 0 Å². The van der Waals surface area contributed by atoms with Crippen molar-refractivity contribution >= 4 is 15.9 Å². The van der Waals surface area contributed by atoms with Gasteiger partial charge in [-0.15, -0.1) is 0 Å². The van der Waals surface area contributed by atoms with Crippen LogP contribution in [0.1, 0.15) is 18.4 Å². The lowest BCUT2D eigenvalue weighted by molar-refractivity contribution is 0.211. The minimum atomic E-state index is 0.0600. The molecule has 0 aromatic heterocycles. The lowest BCUT2D eigenvalue weighted by Gasteiger charge is -2.14. The van der Waals surface area contributed by atoms with Crippen LogP contribution >= 0.6 is 15.9 Å².